The van der Waals surface area contributed by atoms with Crippen LogP contribution in [0.25, 0.3) is 0 Å². The van der Waals surface area contributed by atoms with Gasteiger partial charge in [0, 0.05) is 12.1 Å². The number of nitrogens with one attached hydrogen (secondary N) is 1. The number of methoxy groups -OCH3 is 2. The van der Waals surface area contributed by atoms with Crippen LogP contribution in [-0.4, -0.2) is 46.9 Å². The molecular formula is C17H28N2O5S. The van der Waals surface area contributed by atoms with Crippen LogP contribution in [0.1, 0.15) is 27.7 Å². The number of hydrogen-bond acceptors (Lipinski definition) is 5. The van der Waals surface area contributed by atoms with Crippen LogP contribution in [0.2, 0.25) is 0 Å². The zero-order chi connectivity index (χ0) is 19.4. The molecule has 1 aromatic carbocycles. The van der Waals surface area contributed by atoms with E-state index in [1.807, 2.05) is 20.8 Å². The highest BCUT2D eigenvalue weighted by molar-refractivity contribution is 7.92. The summed E-state index contributed by atoms with van der Waals surface area (Å²) in [4.78, 5) is 12.5. The molecule has 0 unspecified atom stereocenters. The smallest absolute Gasteiger partial charge is 0.243 e. The van der Waals surface area contributed by atoms with Crippen LogP contribution < -0.4 is 19.1 Å². The molecule has 7 nitrogen and oxygen atoms in total. The lowest BCUT2D eigenvalue weighted by atomic mass is 10.1. The van der Waals surface area contributed by atoms with Crippen LogP contribution in [0.3, 0.4) is 0 Å². The largest absolute Gasteiger partial charge is 0.493 e. The molecule has 2 atom stereocenters. The number of benzene rings is 1. The molecule has 0 heterocycles. The Labute approximate surface area is 150 Å². The van der Waals surface area contributed by atoms with Crippen LogP contribution in [0.5, 0.6) is 11.5 Å². The predicted octanol–water partition coefficient (Wildman–Crippen LogP) is 2.02. The van der Waals surface area contributed by atoms with Gasteiger partial charge in [-0.1, -0.05) is 13.8 Å². The van der Waals surface area contributed by atoms with Crippen molar-refractivity contribution in [2.24, 2.45) is 5.92 Å². The fourth-order valence-electron chi connectivity index (χ4n) is 2.28. The molecule has 8 heteroatoms. The molecule has 0 aliphatic carbocycles. The fourth-order valence-corrected chi connectivity index (χ4v) is 3.45. The van der Waals surface area contributed by atoms with Crippen LogP contribution in [-0.2, 0) is 14.8 Å². The van der Waals surface area contributed by atoms with Crippen molar-refractivity contribution in [2.75, 3.05) is 24.8 Å². The second-order valence-corrected chi connectivity index (χ2v) is 8.17. The lowest BCUT2D eigenvalue weighted by molar-refractivity contribution is -0.122. The normalized spacial score (nSPS) is 13.9. The van der Waals surface area contributed by atoms with E-state index in [9.17, 15) is 13.2 Å². The predicted molar refractivity (Wildman–Crippen MR) is 98.8 cm³/mol. The maximum Gasteiger partial charge on any atom is 0.243 e. The Bertz CT molecular complexity index is 703. The van der Waals surface area contributed by atoms with Crippen LogP contribution >= 0.6 is 0 Å². The molecule has 1 rings (SSSR count). The molecule has 1 N–H and O–H groups in total. The first-order valence-corrected chi connectivity index (χ1v) is 9.89. The van der Waals surface area contributed by atoms with Gasteiger partial charge in [-0.05, 0) is 31.9 Å². The summed E-state index contributed by atoms with van der Waals surface area (Å²) in [6, 6.07) is 3.75. The Kier molecular flexibility index (Phi) is 7.10. The molecule has 0 aliphatic heterocycles. The average molecular weight is 372 g/mol. The number of carbonyl (C=O) groups excluding carboxylic acids is 1. The minimum Gasteiger partial charge on any atom is -0.493 e. The van der Waals surface area contributed by atoms with E-state index in [4.69, 9.17) is 9.47 Å². The third kappa shape index (κ3) is 5.26. The van der Waals surface area contributed by atoms with Crippen molar-refractivity contribution in [1.82, 2.24) is 5.32 Å². The van der Waals surface area contributed by atoms with Crippen molar-refractivity contribution in [3.63, 3.8) is 0 Å². The SMILES string of the molecule is COc1ccc(N([C@H](C)C(=O)N[C@H](C)C(C)C)S(C)(=O)=O)cc1OC. The van der Waals surface area contributed by atoms with Crippen molar-refractivity contribution in [3.05, 3.63) is 18.2 Å². The number of rotatable bonds is 8. The average Bonchev–Trinajstić information content (AvgIpc) is 2.53. The maximum absolute atomic E-state index is 12.5. The molecule has 25 heavy (non-hydrogen) atoms. The number of anilines is 1. The van der Waals surface area contributed by atoms with Gasteiger partial charge in [-0.15, -0.1) is 0 Å². The van der Waals surface area contributed by atoms with E-state index in [0.29, 0.717) is 17.2 Å². The van der Waals surface area contributed by atoms with Crippen molar-refractivity contribution >= 4 is 21.6 Å². The summed E-state index contributed by atoms with van der Waals surface area (Å²) in [5.41, 5.74) is 0.333. The summed E-state index contributed by atoms with van der Waals surface area (Å²) in [5, 5.41) is 2.85. The van der Waals surface area contributed by atoms with Gasteiger partial charge in [0.05, 0.1) is 26.2 Å². The van der Waals surface area contributed by atoms with Crippen LogP contribution in [0.15, 0.2) is 18.2 Å². The van der Waals surface area contributed by atoms with E-state index in [-0.39, 0.29) is 17.9 Å². The zero-order valence-electron chi connectivity index (χ0n) is 15.9. The van der Waals surface area contributed by atoms with E-state index in [0.717, 1.165) is 10.6 Å². The molecule has 0 saturated carbocycles. The van der Waals surface area contributed by atoms with E-state index in [1.165, 1.54) is 20.3 Å². The van der Waals surface area contributed by atoms with Crippen LogP contribution in [0, 0.1) is 5.92 Å². The van der Waals surface area contributed by atoms with Crippen molar-refractivity contribution in [1.29, 1.82) is 0 Å². The minimum absolute atomic E-state index is 0.0678. The number of carbonyl (C=O) groups is 1. The lowest BCUT2D eigenvalue weighted by Crippen LogP contribution is -2.50. The van der Waals surface area contributed by atoms with Crippen molar-refractivity contribution < 1.29 is 22.7 Å². The first-order chi connectivity index (χ1) is 11.5. The standard InChI is InChI=1S/C17H28N2O5S/c1-11(2)12(3)18-17(20)13(4)19(25(7,21)22)14-8-9-15(23-5)16(10-14)24-6/h8-13H,1-7H3,(H,18,20)/t12-,13-/m1/s1. The van der Waals surface area contributed by atoms with Crippen molar-refractivity contribution in [2.45, 2.75) is 39.8 Å². The number of hydrogen-bond donors (Lipinski definition) is 1. The molecule has 1 amide bonds. The summed E-state index contributed by atoms with van der Waals surface area (Å²) < 4.78 is 36.1. The van der Waals surface area contributed by atoms with Gasteiger partial charge in [0.25, 0.3) is 0 Å². The molecule has 142 valence electrons. The second-order valence-electron chi connectivity index (χ2n) is 6.32. The minimum atomic E-state index is -3.69. The number of sulfonamides is 1. The highest BCUT2D eigenvalue weighted by Crippen LogP contribution is 2.33. The second kappa shape index (κ2) is 8.42. The van der Waals surface area contributed by atoms with Crippen molar-refractivity contribution in [3.8, 4) is 11.5 Å². The van der Waals surface area contributed by atoms with Gasteiger partial charge in [0.15, 0.2) is 11.5 Å². The Morgan fingerprint density at radius 1 is 1.08 bits per heavy atom. The Hall–Kier alpha value is -1.96. The van der Waals surface area contributed by atoms with Gasteiger partial charge >= 0.3 is 0 Å². The Morgan fingerprint density at radius 3 is 2.08 bits per heavy atom. The van der Waals surface area contributed by atoms with Gasteiger partial charge in [0.1, 0.15) is 6.04 Å². The molecule has 0 saturated heterocycles. The molecular weight excluding hydrogens is 344 g/mol. The Morgan fingerprint density at radius 2 is 1.64 bits per heavy atom. The first-order valence-electron chi connectivity index (χ1n) is 8.04. The van der Waals surface area contributed by atoms with Gasteiger partial charge in [-0.3, -0.25) is 9.10 Å². The first kappa shape index (κ1) is 21.1. The fraction of sp³-hybridized carbons (Fsp3) is 0.588. The maximum atomic E-state index is 12.5. The molecule has 0 aromatic heterocycles. The number of amides is 1. The topological polar surface area (TPSA) is 84.9 Å². The third-order valence-electron chi connectivity index (χ3n) is 4.08. The molecule has 0 fully saturated rings. The molecule has 1 aromatic rings. The summed E-state index contributed by atoms with van der Waals surface area (Å²) >= 11 is 0. The van der Waals surface area contributed by atoms with Gasteiger partial charge in [-0.2, -0.15) is 0 Å². The van der Waals surface area contributed by atoms with Gasteiger partial charge in [0.2, 0.25) is 15.9 Å². The van der Waals surface area contributed by atoms with E-state index >= 15 is 0 Å². The molecule has 0 bridgehead atoms. The van der Waals surface area contributed by atoms with Gasteiger partial charge < -0.3 is 14.8 Å². The van der Waals surface area contributed by atoms with Gasteiger partial charge in [-0.25, -0.2) is 8.42 Å². The summed E-state index contributed by atoms with van der Waals surface area (Å²) in [6.45, 7) is 7.41. The van der Waals surface area contributed by atoms with E-state index in [2.05, 4.69) is 5.32 Å². The molecule has 0 radical (unpaired) electrons. The highest BCUT2D eigenvalue weighted by atomic mass is 32.2. The number of nitrogens with zero attached hydrogens (tertiary/aromatic N) is 1. The van der Waals surface area contributed by atoms with E-state index < -0.39 is 16.1 Å². The summed E-state index contributed by atoms with van der Waals surface area (Å²) in [5.74, 6) is 0.743. The Balaban J connectivity index is 3.25. The molecule has 0 spiro atoms. The zero-order valence-corrected chi connectivity index (χ0v) is 16.7. The van der Waals surface area contributed by atoms with Crippen LogP contribution in [0.4, 0.5) is 5.69 Å². The van der Waals surface area contributed by atoms with E-state index in [1.54, 1.807) is 19.1 Å². The number of ether oxygens (including phenoxy) is 2. The summed E-state index contributed by atoms with van der Waals surface area (Å²) in [6.07, 6.45) is 1.07. The monoisotopic (exact) mass is 372 g/mol. The molecule has 0 aliphatic rings. The summed E-state index contributed by atoms with van der Waals surface area (Å²) in [7, 11) is -0.726. The lowest BCUT2D eigenvalue weighted by Gasteiger charge is -2.30. The highest BCUT2D eigenvalue weighted by Gasteiger charge is 2.30. The third-order valence-corrected chi connectivity index (χ3v) is 5.32. The quantitative estimate of drug-likeness (QED) is 0.755.